The molecule has 4 heteroatoms. The van der Waals surface area contributed by atoms with Gasteiger partial charge in [-0.15, -0.1) is 0 Å². The second kappa shape index (κ2) is 4.19. The highest BCUT2D eigenvalue weighted by Gasteiger charge is 2.35. The Balaban J connectivity index is 2.85. The number of allylic oxidation sites excluding steroid dienone is 1. The average molecular weight is 196 g/mol. The third-order valence-corrected chi connectivity index (χ3v) is 1.87. The lowest BCUT2D eigenvalue weighted by molar-refractivity contribution is -0.150. The first-order chi connectivity index (χ1) is 6.56. The summed E-state index contributed by atoms with van der Waals surface area (Å²) in [6, 6.07) is 0. The molecule has 0 bridgehead atoms. The smallest absolute Gasteiger partial charge is 0.303 e. The molecular formula is C10H12O4. The predicted octanol–water partition coefficient (Wildman–Crippen LogP) is 0.364. The Labute approximate surface area is 81.9 Å². The lowest BCUT2D eigenvalue weighted by atomic mass is 10.1. The minimum atomic E-state index is -1.26. The molecule has 1 N–H and O–H groups in total. The molecule has 4 nitrogen and oxygen atoms in total. The molecule has 0 saturated heterocycles. The topological polar surface area (TPSA) is 63.6 Å². The molecule has 14 heavy (non-hydrogen) atoms. The number of aliphatic hydroxyl groups is 1. The van der Waals surface area contributed by atoms with Crippen molar-refractivity contribution in [2.45, 2.75) is 26.1 Å². The van der Waals surface area contributed by atoms with Gasteiger partial charge in [0.1, 0.15) is 0 Å². The lowest BCUT2D eigenvalue weighted by Crippen LogP contribution is -2.31. The standard InChI is InChI=1S/C10H12O4/c1-3-4-7-5-8(12)9(13)10(7)14-6(2)11/h3-5,9-10,13H,1-2H3/b4-3+/t9-,10-/m0/s1. The summed E-state index contributed by atoms with van der Waals surface area (Å²) in [5, 5.41) is 9.39. The zero-order valence-electron chi connectivity index (χ0n) is 8.06. The van der Waals surface area contributed by atoms with Crippen molar-refractivity contribution in [1.82, 2.24) is 0 Å². The molecule has 0 saturated carbocycles. The van der Waals surface area contributed by atoms with E-state index < -0.39 is 24.0 Å². The van der Waals surface area contributed by atoms with Crippen molar-refractivity contribution < 1.29 is 19.4 Å². The number of hydrogen-bond donors (Lipinski definition) is 1. The van der Waals surface area contributed by atoms with Gasteiger partial charge in [-0.25, -0.2) is 0 Å². The maximum atomic E-state index is 11.1. The number of aliphatic hydroxyl groups excluding tert-OH is 1. The molecule has 0 spiro atoms. The van der Waals surface area contributed by atoms with Crippen molar-refractivity contribution in [2.75, 3.05) is 0 Å². The Morgan fingerprint density at radius 1 is 1.64 bits per heavy atom. The normalized spacial score (nSPS) is 26.8. The second-order valence-corrected chi connectivity index (χ2v) is 3.02. The monoisotopic (exact) mass is 196 g/mol. The molecular weight excluding hydrogens is 184 g/mol. The molecule has 0 amide bonds. The maximum absolute atomic E-state index is 11.1. The summed E-state index contributed by atoms with van der Waals surface area (Å²) in [6.07, 6.45) is 2.54. The number of esters is 1. The predicted molar refractivity (Wildman–Crippen MR) is 49.5 cm³/mol. The zero-order chi connectivity index (χ0) is 10.7. The van der Waals surface area contributed by atoms with E-state index in [1.54, 1.807) is 19.1 Å². The van der Waals surface area contributed by atoms with E-state index in [4.69, 9.17) is 4.74 Å². The highest BCUT2D eigenvalue weighted by Crippen LogP contribution is 2.21. The van der Waals surface area contributed by atoms with Crippen molar-refractivity contribution >= 4 is 11.8 Å². The number of carbonyl (C=O) groups excluding carboxylic acids is 2. The van der Waals surface area contributed by atoms with Crippen LogP contribution in [-0.4, -0.2) is 29.1 Å². The Kier molecular flexibility index (Phi) is 3.19. The molecule has 0 heterocycles. The van der Waals surface area contributed by atoms with Crippen molar-refractivity contribution in [1.29, 1.82) is 0 Å². The summed E-state index contributed by atoms with van der Waals surface area (Å²) < 4.78 is 4.83. The molecule has 0 aromatic heterocycles. The van der Waals surface area contributed by atoms with Crippen molar-refractivity contribution in [2.24, 2.45) is 0 Å². The van der Waals surface area contributed by atoms with Crippen LogP contribution in [0, 0.1) is 0 Å². The molecule has 0 radical (unpaired) electrons. The quantitative estimate of drug-likeness (QED) is 0.648. The van der Waals surface area contributed by atoms with Gasteiger partial charge in [-0.2, -0.15) is 0 Å². The number of rotatable bonds is 2. The van der Waals surface area contributed by atoms with Gasteiger partial charge in [-0.05, 0) is 18.6 Å². The SMILES string of the molecule is C/C=C/C1=CC(=O)[C@H](O)[C@H]1OC(C)=O. The van der Waals surface area contributed by atoms with Crippen LogP contribution in [0.25, 0.3) is 0 Å². The van der Waals surface area contributed by atoms with Gasteiger partial charge >= 0.3 is 5.97 Å². The zero-order valence-corrected chi connectivity index (χ0v) is 8.06. The van der Waals surface area contributed by atoms with Gasteiger partial charge in [0.15, 0.2) is 18.0 Å². The maximum Gasteiger partial charge on any atom is 0.303 e. The number of hydrogen-bond acceptors (Lipinski definition) is 4. The summed E-state index contributed by atoms with van der Waals surface area (Å²) >= 11 is 0. The van der Waals surface area contributed by atoms with Crippen molar-refractivity contribution in [3.05, 3.63) is 23.8 Å². The molecule has 1 aliphatic carbocycles. The van der Waals surface area contributed by atoms with Crippen LogP contribution in [0.1, 0.15) is 13.8 Å². The van der Waals surface area contributed by atoms with Crippen LogP contribution < -0.4 is 0 Å². The van der Waals surface area contributed by atoms with Gasteiger partial charge in [-0.1, -0.05) is 12.2 Å². The van der Waals surface area contributed by atoms with Gasteiger partial charge in [0.2, 0.25) is 0 Å². The highest BCUT2D eigenvalue weighted by molar-refractivity contribution is 5.98. The van der Waals surface area contributed by atoms with Crippen LogP contribution in [0.5, 0.6) is 0 Å². The summed E-state index contributed by atoms with van der Waals surface area (Å²) in [5.41, 5.74) is 0.528. The van der Waals surface area contributed by atoms with E-state index in [0.29, 0.717) is 5.57 Å². The summed E-state index contributed by atoms with van der Waals surface area (Å²) in [6.45, 7) is 3.02. The van der Waals surface area contributed by atoms with E-state index in [0.717, 1.165) is 0 Å². The molecule has 2 atom stereocenters. The molecule has 1 aliphatic rings. The van der Waals surface area contributed by atoms with Crippen LogP contribution in [-0.2, 0) is 14.3 Å². The van der Waals surface area contributed by atoms with Gasteiger partial charge in [-0.3, -0.25) is 9.59 Å². The van der Waals surface area contributed by atoms with Crippen LogP contribution in [0.2, 0.25) is 0 Å². The molecule has 76 valence electrons. The Morgan fingerprint density at radius 2 is 2.29 bits per heavy atom. The van der Waals surface area contributed by atoms with E-state index in [1.165, 1.54) is 13.0 Å². The van der Waals surface area contributed by atoms with Crippen molar-refractivity contribution in [3.8, 4) is 0 Å². The molecule has 0 unspecified atom stereocenters. The Morgan fingerprint density at radius 3 is 2.79 bits per heavy atom. The van der Waals surface area contributed by atoms with Crippen LogP contribution in [0.3, 0.4) is 0 Å². The Hall–Kier alpha value is -1.42. The van der Waals surface area contributed by atoms with E-state index >= 15 is 0 Å². The van der Waals surface area contributed by atoms with Gasteiger partial charge in [0.25, 0.3) is 0 Å². The van der Waals surface area contributed by atoms with Crippen LogP contribution >= 0.6 is 0 Å². The summed E-state index contributed by atoms with van der Waals surface area (Å²) in [4.78, 5) is 21.8. The third-order valence-electron chi connectivity index (χ3n) is 1.87. The summed E-state index contributed by atoms with van der Waals surface area (Å²) in [7, 11) is 0. The molecule has 1 rings (SSSR count). The largest absolute Gasteiger partial charge is 0.454 e. The molecule has 0 aromatic carbocycles. The fraction of sp³-hybridized carbons (Fsp3) is 0.400. The minimum Gasteiger partial charge on any atom is -0.454 e. The lowest BCUT2D eigenvalue weighted by Gasteiger charge is -2.15. The first kappa shape index (κ1) is 10.7. The third kappa shape index (κ3) is 2.09. The van der Waals surface area contributed by atoms with E-state index in [9.17, 15) is 14.7 Å². The number of ether oxygens (including phenoxy) is 1. The molecule has 0 fully saturated rings. The van der Waals surface area contributed by atoms with E-state index in [1.807, 2.05) is 0 Å². The average Bonchev–Trinajstić information content (AvgIpc) is 2.33. The number of ketones is 1. The van der Waals surface area contributed by atoms with E-state index in [2.05, 4.69) is 0 Å². The first-order valence-electron chi connectivity index (χ1n) is 4.29. The fourth-order valence-electron chi connectivity index (χ4n) is 1.31. The van der Waals surface area contributed by atoms with Gasteiger partial charge < -0.3 is 9.84 Å². The fourth-order valence-corrected chi connectivity index (χ4v) is 1.31. The highest BCUT2D eigenvalue weighted by atomic mass is 16.6. The van der Waals surface area contributed by atoms with Crippen molar-refractivity contribution in [3.63, 3.8) is 0 Å². The van der Waals surface area contributed by atoms with Crippen LogP contribution in [0.4, 0.5) is 0 Å². The van der Waals surface area contributed by atoms with Gasteiger partial charge in [0, 0.05) is 6.92 Å². The van der Waals surface area contributed by atoms with E-state index in [-0.39, 0.29) is 0 Å². The minimum absolute atomic E-state index is 0.427. The first-order valence-corrected chi connectivity index (χ1v) is 4.29. The molecule has 0 aliphatic heterocycles. The summed E-state index contributed by atoms with van der Waals surface area (Å²) in [5.74, 6) is -0.941. The van der Waals surface area contributed by atoms with Crippen LogP contribution in [0.15, 0.2) is 23.8 Å². The van der Waals surface area contributed by atoms with Gasteiger partial charge in [0.05, 0.1) is 0 Å². The second-order valence-electron chi connectivity index (χ2n) is 3.02. The Bertz CT molecular complexity index is 314. The number of carbonyl (C=O) groups is 2. The molecule has 0 aromatic rings.